The van der Waals surface area contributed by atoms with Crippen molar-refractivity contribution >= 4 is 34.2 Å². The average molecular weight is 542 g/mol. The van der Waals surface area contributed by atoms with E-state index >= 15 is 8.78 Å². The molecule has 2 aromatic heterocycles. The molecule has 0 spiro atoms. The molecule has 4 heterocycles. The molecule has 2 aliphatic rings. The average Bonchev–Trinajstić information content (AvgIpc) is 3.65. The van der Waals surface area contributed by atoms with Crippen LogP contribution in [0, 0.1) is 11.6 Å². The van der Waals surface area contributed by atoms with Gasteiger partial charge in [0.15, 0.2) is 11.9 Å². The first-order chi connectivity index (χ1) is 18.5. The Labute approximate surface area is 222 Å². The second-order valence-corrected chi connectivity index (χ2v) is 9.79. The molecule has 1 unspecified atom stereocenters. The molecule has 0 aliphatic carbocycles. The summed E-state index contributed by atoms with van der Waals surface area (Å²) >= 11 is 6.58. The Morgan fingerprint density at radius 1 is 1.21 bits per heavy atom. The van der Waals surface area contributed by atoms with Crippen molar-refractivity contribution in [2.24, 2.45) is 0 Å². The van der Waals surface area contributed by atoms with Crippen molar-refractivity contribution in [3.63, 3.8) is 0 Å². The van der Waals surface area contributed by atoms with Gasteiger partial charge in [0, 0.05) is 42.5 Å². The standard InChI is InChI=1S/C27H26ClF2N5O3/c1-2-38-27(36)26(25-22-4-3-7-34(22)15-31-25)35-14-18-19(28)13-17(23(30)24(18)32-35)16-5-6-21(20(29)12-16)33-8-10-37-11-9-33/h5-6,12-15,26H,2-4,7-11H2,1H3. The van der Waals surface area contributed by atoms with Gasteiger partial charge in [-0.05, 0) is 43.5 Å². The number of ether oxygens (including phenoxy) is 2. The van der Waals surface area contributed by atoms with Gasteiger partial charge in [0.25, 0.3) is 0 Å². The van der Waals surface area contributed by atoms with Crippen LogP contribution < -0.4 is 4.90 Å². The number of fused-ring (bicyclic) bond motifs is 2. The third-order valence-electron chi connectivity index (χ3n) is 7.14. The minimum atomic E-state index is -0.985. The van der Waals surface area contributed by atoms with Crippen LogP contribution >= 0.6 is 11.6 Å². The Morgan fingerprint density at radius 3 is 2.79 bits per heavy atom. The van der Waals surface area contributed by atoms with Crippen molar-refractivity contribution in [3.8, 4) is 11.1 Å². The first kappa shape index (κ1) is 24.8. The van der Waals surface area contributed by atoms with Gasteiger partial charge >= 0.3 is 5.97 Å². The quantitative estimate of drug-likeness (QED) is 0.328. The van der Waals surface area contributed by atoms with E-state index in [1.807, 2.05) is 9.47 Å². The summed E-state index contributed by atoms with van der Waals surface area (Å²) in [5.41, 5.74) is 2.35. The van der Waals surface area contributed by atoms with Gasteiger partial charge in [-0.3, -0.25) is 4.68 Å². The molecule has 1 fully saturated rings. The molecule has 38 heavy (non-hydrogen) atoms. The molecular weight excluding hydrogens is 516 g/mol. The molecule has 2 aromatic carbocycles. The summed E-state index contributed by atoms with van der Waals surface area (Å²) in [5, 5.41) is 5.02. The highest BCUT2D eigenvalue weighted by Crippen LogP contribution is 2.37. The molecular formula is C27H26ClF2N5O3. The Kier molecular flexibility index (Phi) is 6.53. The predicted molar refractivity (Wildman–Crippen MR) is 138 cm³/mol. The maximum absolute atomic E-state index is 15.9. The summed E-state index contributed by atoms with van der Waals surface area (Å²) < 4.78 is 45.0. The number of carbonyl (C=O) groups excluding carboxylic acids is 1. The van der Waals surface area contributed by atoms with Crippen LogP contribution in [0.3, 0.4) is 0 Å². The van der Waals surface area contributed by atoms with E-state index in [9.17, 15) is 4.79 Å². The second kappa shape index (κ2) is 9.99. The zero-order chi connectivity index (χ0) is 26.4. The number of hydrogen-bond acceptors (Lipinski definition) is 6. The van der Waals surface area contributed by atoms with Gasteiger partial charge in [-0.2, -0.15) is 5.10 Å². The molecule has 2 aliphatic heterocycles. The van der Waals surface area contributed by atoms with Crippen LogP contribution in [0.15, 0.2) is 36.8 Å². The fraction of sp³-hybridized carbons (Fsp3) is 0.370. The molecule has 6 rings (SSSR count). The SMILES string of the molecule is CCOC(=O)C(c1ncn2c1CCC2)n1cc2c(Cl)cc(-c3ccc(N4CCOCC4)c(F)c3)c(F)c2n1. The summed E-state index contributed by atoms with van der Waals surface area (Å²) in [6.45, 7) is 4.95. The highest BCUT2D eigenvalue weighted by molar-refractivity contribution is 6.35. The maximum atomic E-state index is 15.9. The smallest absolute Gasteiger partial charge is 0.337 e. The lowest BCUT2D eigenvalue weighted by molar-refractivity contribution is -0.146. The molecule has 0 saturated carbocycles. The topological polar surface area (TPSA) is 74.4 Å². The summed E-state index contributed by atoms with van der Waals surface area (Å²) in [6.07, 6.45) is 4.96. The third-order valence-corrected chi connectivity index (χ3v) is 7.45. The van der Waals surface area contributed by atoms with Gasteiger partial charge in [0.2, 0.25) is 0 Å². The van der Waals surface area contributed by atoms with Gasteiger partial charge < -0.3 is 18.9 Å². The molecule has 8 nitrogen and oxygen atoms in total. The van der Waals surface area contributed by atoms with E-state index in [1.54, 1.807) is 25.4 Å². The number of morpholine rings is 1. The van der Waals surface area contributed by atoms with Crippen molar-refractivity contribution < 1.29 is 23.0 Å². The number of hydrogen-bond donors (Lipinski definition) is 0. The second-order valence-electron chi connectivity index (χ2n) is 9.38. The minimum absolute atomic E-state index is 0.0182. The molecule has 1 atom stereocenters. The predicted octanol–water partition coefficient (Wildman–Crippen LogP) is 4.77. The number of anilines is 1. The highest BCUT2D eigenvalue weighted by Gasteiger charge is 2.33. The van der Waals surface area contributed by atoms with Crippen LogP contribution in [0.25, 0.3) is 22.0 Å². The van der Waals surface area contributed by atoms with Crippen molar-refractivity contribution in [2.75, 3.05) is 37.8 Å². The van der Waals surface area contributed by atoms with Crippen LogP contribution in [0.1, 0.15) is 30.8 Å². The first-order valence-corrected chi connectivity index (χ1v) is 13.0. The van der Waals surface area contributed by atoms with Crippen LogP contribution in [0.2, 0.25) is 5.02 Å². The number of benzene rings is 2. The minimum Gasteiger partial charge on any atom is -0.464 e. The van der Waals surface area contributed by atoms with Gasteiger partial charge in [-0.25, -0.2) is 18.6 Å². The molecule has 0 bridgehead atoms. The molecule has 0 amide bonds. The van der Waals surface area contributed by atoms with E-state index in [0.29, 0.717) is 48.6 Å². The number of aryl methyl sites for hydroxylation is 1. The Hall–Kier alpha value is -3.50. The molecule has 4 aromatic rings. The number of aromatic nitrogens is 4. The summed E-state index contributed by atoms with van der Waals surface area (Å²) in [6, 6.07) is 5.09. The highest BCUT2D eigenvalue weighted by atomic mass is 35.5. The molecule has 11 heteroatoms. The van der Waals surface area contributed by atoms with Crippen molar-refractivity contribution in [3.05, 3.63) is 64.8 Å². The van der Waals surface area contributed by atoms with Crippen molar-refractivity contribution in [1.82, 2.24) is 19.3 Å². The number of carbonyl (C=O) groups is 1. The summed E-state index contributed by atoms with van der Waals surface area (Å²) in [4.78, 5) is 19.4. The molecule has 1 saturated heterocycles. The maximum Gasteiger partial charge on any atom is 0.337 e. The zero-order valence-electron chi connectivity index (χ0n) is 20.8. The molecule has 0 radical (unpaired) electrons. The number of imidazole rings is 1. The fourth-order valence-electron chi connectivity index (χ4n) is 5.30. The first-order valence-electron chi connectivity index (χ1n) is 12.7. The normalized spacial score (nSPS) is 16.2. The Bertz CT molecular complexity index is 1530. The number of nitrogens with zero attached hydrogens (tertiary/aromatic N) is 5. The van der Waals surface area contributed by atoms with Gasteiger partial charge in [-0.15, -0.1) is 0 Å². The van der Waals surface area contributed by atoms with Gasteiger partial charge in [0.05, 0.1) is 42.6 Å². The van der Waals surface area contributed by atoms with Crippen LogP contribution in [0.5, 0.6) is 0 Å². The summed E-state index contributed by atoms with van der Waals surface area (Å²) in [7, 11) is 0. The molecule has 198 valence electrons. The number of rotatable bonds is 6. The fourth-order valence-corrected chi connectivity index (χ4v) is 5.55. The van der Waals surface area contributed by atoms with E-state index in [4.69, 9.17) is 21.1 Å². The Morgan fingerprint density at radius 2 is 2.03 bits per heavy atom. The Balaban J connectivity index is 1.42. The lowest BCUT2D eigenvalue weighted by atomic mass is 10.0. The summed E-state index contributed by atoms with van der Waals surface area (Å²) in [5.74, 6) is -1.65. The number of halogens is 3. The van der Waals surface area contributed by atoms with Crippen molar-refractivity contribution in [1.29, 1.82) is 0 Å². The van der Waals surface area contributed by atoms with Crippen molar-refractivity contribution in [2.45, 2.75) is 32.4 Å². The van der Waals surface area contributed by atoms with E-state index in [1.165, 1.54) is 23.0 Å². The number of esters is 1. The van der Waals surface area contributed by atoms with E-state index in [2.05, 4.69) is 10.1 Å². The van der Waals surface area contributed by atoms with E-state index in [-0.39, 0.29) is 22.7 Å². The van der Waals surface area contributed by atoms with Gasteiger partial charge in [-0.1, -0.05) is 17.7 Å². The van der Waals surface area contributed by atoms with E-state index < -0.39 is 23.6 Å². The van der Waals surface area contributed by atoms with E-state index in [0.717, 1.165) is 25.1 Å². The lowest BCUT2D eigenvalue weighted by Crippen LogP contribution is -2.36. The van der Waals surface area contributed by atoms with Crippen LogP contribution in [-0.4, -0.2) is 58.2 Å². The lowest BCUT2D eigenvalue weighted by Gasteiger charge is -2.29. The monoisotopic (exact) mass is 541 g/mol. The van der Waals surface area contributed by atoms with Gasteiger partial charge in [0.1, 0.15) is 11.3 Å². The largest absolute Gasteiger partial charge is 0.464 e. The zero-order valence-corrected chi connectivity index (χ0v) is 21.5. The third kappa shape index (κ3) is 4.21. The van der Waals surface area contributed by atoms with Crippen LogP contribution in [-0.2, 0) is 27.2 Å². The molecule has 0 N–H and O–H groups in total. The van der Waals surface area contributed by atoms with Crippen LogP contribution in [0.4, 0.5) is 14.5 Å².